The van der Waals surface area contributed by atoms with Gasteiger partial charge in [-0.2, -0.15) is 4.99 Å². The molecule has 0 atom stereocenters. The summed E-state index contributed by atoms with van der Waals surface area (Å²) in [7, 11) is 0. The Morgan fingerprint density at radius 3 is 2.28 bits per heavy atom. The van der Waals surface area contributed by atoms with Gasteiger partial charge in [0, 0.05) is 12.1 Å². The van der Waals surface area contributed by atoms with Gasteiger partial charge >= 0.3 is 0 Å². The first kappa shape index (κ1) is 24.2. The lowest BCUT2D eigenvalue weighted by atomic mass is 10.1. The number of thiazole rings is 1. The molecule has 0 radical (unpaired) electrons. The second kappa shape index (κ2) is 10.9. The number of halogens is 2. The molecule has 0 spiro atoms. The van der Waals surface area contributed by atoms with E-state index in [0.717, 1.165) is 4.70 Å². The van der Waals surface area contributed by atoms with Crippen LogP contribution < -0.4 is 19.0 Å². The van der Waals surface area contributed by atoms with E-state index < -0.39 is 5.91 Å². The van der Waals surface area contributed by atoms with E-state index in [4.69, 9.17) is 37.4 Å². The van der Waals surface area contributed by atoms with Crippen LogP contribution in [0.25, 0.3) is 10.2 Å². The number of benzene rings is 2. The maximum Gasteiger partial charge on any atom is 0.279 e. The van der Waals surface area contributed by atoms with Crippen LogP contribution in [0.1, 0.15) is 31.1 Å². The van der Waals surface area contributed by atoms with Crippen molar-refractivity contribution in [3.63, 3.8) is 0 Å². The predicted molar refractivity (Wildman–Crippen MR) is 130 cm³/mol. The van der Waals surface area contributed by atoms with Crippen molar-refractivity contribution in [3.05, 3.63) is 57.3 Å². The zero-order valence-electron chi connectivity index (χ0n) is 18.1. The van der Waals surface area contributed by atoms with Crippen LogP contribution in [-0.4, -0.2) is 30.3 Å². The van der Waals surface area contributed by atoms with E-state index in [1.54, 1.807) is 24.3 Å². The number of ether oxygens (including phenoxy) is 3. The molecule has 1 heterocycles. The summed E-state index contributed by atoms with van der Waals surface area (Å²) in [4.78, 5) is 18.0. The van der Waals surface area contributed by atoms with Crippen LogP contribution in [0.3, 0.4) is 0 Å². The molecule has 2 aromatic carbocycles. The highest BCUT2D eigenvalue weighted by Crippen LogP contribution is 2.39. The highest BCUT2D eigenvalue weighted by atomic mass is 35.5. The van der Waals surface area contributed by atoms with Crippen LogP contribution in [-0.2, 0) is 6.54 Å². The normalized spacial score (nSPS) is 11.6. The van der Waals surface area contributed by atoms with E-state index in [1.165, 1.54) is 11.3 Å². The van der Waals surface area contributed by atoms with Crippen molar-refractivity contribution in [1.29, 1.82) is 0 Å². The fourth-order valence-corrected chi connectivity index (χ4v) is 4.67. The molecule has 9 heteroatoms. The highest BCUT2D eigenvalue weighted by Gasteiger charge is 2.19. The van der Waals surface area contributed by atoms with E-state index in [9.17, 15) is 4.79 Å². The summed E-state index contributed by atoms with van der Waals surface area (Å²) in [5.74, 6) is 0.896. The van der Waals surface area contributed by atoms with Gasteiger partial charge in [-0.1, -0.05) is 40.6 Å². The standard InChI is InChI=1S/C23H24Cl2N2O4S/c1-5-11-27-20-18(10-9-15(24)19(20)25)32-23(27)26-22(28)14-12-16(29-6-2)21(31-8-4)17(13-14)30-7-3/h5,9-10,12-13H,1,6-8,11H2,2-4H3. The SMILES string of the molecule is C=CCn1c(=NC(=O)c2cc(OCC)c(OCC)c(OCC)c2)sc2ccc(Cl)c(Cl)c21. The summed E-state index contributed by atoms with van der Waals surface area (Å²) in [6, 6.07) is 6.83. The number of amides is 1. The monoisotopic (exact) mass is 494 g/mol. The molecular formula is C23H24Cl2N2O4S. The molecule has 0 aliphatic carbocycles. The highest BCUT2D eigenvalue weighted by molar-refractivity contribution is 7.16. The number of carbonyl (C=O) groups excluding carboxylic acids is 1. The molecule has 0 aliphatic heterocycles. The van der Waals surface area contributed by atoms with E-state index in [0.29, 0.717) is 69.5 Å². The Morgan fingerprint density at radius 1 is 1.09 bits per heavy atom. The molecule has 3 aromatic rings. The first-order chi connectivity index (χ1) is 15.4. The van der Waals surface area contributed by atoms with Gasteiger partial charge in [-0.25, -0.2) is 0 Å². The third-order valence-corrected chi connectivity index (χ3v) is 6.24. The van der Waals surface area contributed by atoms with Crippen molar-refractivity contribution >= 4 is 50.7 Å². The number of carbonyl (C=O) groups is 1. The fraction of sp³-hybridized carbons (Fsp3) is 0.304. The molecule has 0 N–H and O–H groups in total. The van der Waals surface area contributed by atoms with Gasteiger partial charge in [0.2, 0.25) is 5.75 Å². The van der Waals surface area contributed by atoms with Crippen molar-refractivity contribution in [1.82, 2.24) is 4.57 Å². The quantitative estimate of drug-likeness (QED) is 0.335. The molecule has 0 aliphatic rings. The second-order valence-corrected chi connectivity index (χ2v) is 8.30. The van der Waals surface area contributed by atoms with E-state index >= 15 is 0 Å². The van der Waals surface area contributed by atoms with Crippen molar-refractivity contribution in [2.75, 3.05) is 19.8 Å². The lowest BCUT2D eigenvalue weighted by Gasteiger charge is -2.16. The van der Waals surface area contributed by atoms with Gasteiger partial charge in [0.25, 0.3) is 5.91 Å². The van der Waals surface area contributed by atoms with Gasteiger partial charge in [0.15, 0.2) is 16.3 Å². The first-order valence-electron chi connectivity index (χ1n) is 10.2. The van der Waals surface area contributed by atoms with E-state index in [1.807, 2.05) is 31.4 Å². The van der Waals surface area contributed by atoms with Crippen LogP contribution in [0, 0.1) is 0 Å². The second-order valence-electron chi connectivity index (χ2n) is 6.51. The first-order valence-corrected chi connectivity index (χ1v) is 11.8. The minimum atomic E-state index is -0.443. The largest absolute Gasteiger partial charge is 0.490 e. The average Bonchev–Trinajstić information content (AvgIpc) is 3.11. The minimum absolute atomic E-state index is 0.326. The zero-order chi connectivity index (χ0) is 23.3. The van der Waals surface area contributed by atoms with E-state index in [2.05, 4.69) is 11.6 Å². The van der Waals surface area contributed by atoms with Gasteiger partial charge in [-0.05, 0) is 45.0 Å². The van der Waals surface area contributed by atoms with Gasteiger partial charge < -0.3 is 18.8 Å². The molecule has 6 nitrogen and oxygen atoms in total. The lowest BCUT2D eigenvalue weighted by molar-refractivity contribution is 0.0996. The molecule has 0 saturated carbocycles. The molecule has 1 amide bonds. The molecule has 0 fully saturated rings. The van der Waals surface area contributed by atoms with Gasteiger partial charge in [-0.15, -0.1) is 6.58 Å². The number of rotatable bonds is 9. The molecule has 1 aromatic heterocycles. The summed E-state index contributed by atoms with van der Waals surface area (Å²) in [5.41, 5.74) is 1.04. The maximum absolute atomic E-state index is 13.2. The molecule has 32 heavy (non-hydrogen) atoms. The van der Waals surface area contributed by atoms with Crippen LogP contribution in [0.15, 0.2) is 41.9 Å². The number of allylic oxidation sites excluding steroid dienone is 1. The number of nitrogens with zero attached hydrogens (tertiary/aromatic N) is 2. The summed E-state index contributed by atoms with van der Waals surface area (Å²) in [6.07, 6.45) is 1.71. The van der Waals surface area contributed by atoms with Crippen LogP contribution in [0.4, 0.5) is 0 Å². The number of hydrogen-bond donors (Lipinski definition) is 0. The van der Waals surface area contributed by atoms with Crippen molar-refractivity contribution in [2.45, 2.75) is 27.3 Å². The lowest BCUT2D eigenvalue weighted by Crippen LogP contribution is -2.16. The topological polar surface area (TPSA) is 62.1 Å². The number of fused-ring (bicyclic) bond motifs is 1. The Kier molecular flexibility index (Phi) is 8.23. The van der Waals surface area contributed by atoms with Gasteiger partial charge in [0.05, 0.1) is 40.1 Å². The van der Waals surface area contributed by atoms with Gasteiger partial charge in [-0.3, -0.25) is 4.79 Å². The van der Waals surface area contributed by atoms with Crippen LogP contribution in [0.2, 0.25) is 10.0 Å². The van der Waals surface area contributed by atoms with Crippen molar-refractivity contribution in [3.8, 4) is 17.2 Å². The number of hydrogen-bond acceptors (Lipinski definition) is 5. The summed E-state index contributed by atoms with van der Waals surface area (Å²) >= 11 is 14.0. The summed E-state index contributed by atoms with van der Waals surface area (Å²) in [5, 5.41) is 0.844. The Hall–Kier alpha value is -2.48. The summed E-state index contributed by atoms with van der Waals surface area (Å²) < 4.78 is 19.8. The Balaban J connectivity index is 2.17. The predicted octanol–water partition coefficient (Wildman–Crippen LogP) is 6.13. The average molecular weight is 495 g/mol. The van der Waals surface area contributed by atoms with Crippen molar-refractivity contribution < 1.29 is 19.0 Å². The smallest absolute Gasteiger partial charge is 0.279 e. The van der Waals surface area contributed by atoms with Crippen molar-refractivity contribution in [2.24, 2.45) is 4.99 Å². The third kappa shape index (κ3) is 4.95. The Labute approximate surface area is 200 Å². The Morgan fingerprint density at radius 2 is 1.72 bits per heavy atom. The van der Waals surface area contributed by atoms with Gasteiger partial charge in [0.1, 0.15) is 0 Å². The number of aromatic nitrogens is 1. The fourth-order valence-electron chi connectivity index (χ4n) is 3.15. The van der Waals surface area contributed by atoms with E-state index in [-0.39, 0.29) is 0 Å². The zero-order valence-corrected chi connectivity index (χ0v) is 20.4. The molecule has 0 saturated heterocycles. The van der Waals surface area contributed by atoms with Crippen LogP contribution >= 0.6 is 34.5 Å². The van der Waals surface area contributed by atoms with Crippen LogP contribution in [0.5, 0.6) is 17.2 Å². The maximum atomic E-state index is 13.2. The minimum Gasteiger partial charge on any atom is -0.490 e. The molecule has 170 valence electrons. The molecular weight excluding hydrogens is 471 g/mol. The Bertz CT molecular complexity index is 1190. The molecule has 3 rings (SSSR count). The molecule has 0 bridgehead atoms. The summed E-state index contributed by atoms with van der Waals surface area (Å²) in [6.45, 7) is 11.1. The third-order valence-electron chi connectivity index (χ3n) is 4.40. The molecule has 0 unspecified atom stereocenters.